The number of aliphatic imine (C=N–C) groups is 1. The molecule has 2 aliphatic heterocycles. The Kier molecular flexibility index (Phi) is 4.85. The van der Waals surface area contributed by atoms with E-state index in [0.717, 1.165) is 77.1 Å². The summed E-state index contributed by atoms with van der Waals surface area (Å²) in [5, 5.41) is 0.852. The van der Waals surface area contributed by atoms with Gasteiger partial charge in [0.2, 0.25) is 0 Å². The molecule has 2 aromatic heterocycles. The van der Waals surface area contributed by atoms with Gasteiger partial charge in [0.05, 0.1) is 23.8 Å². The lowest BCUT2D eigenvalue weighted by Crippen LogP contribution is -2.46. The van der Waals surface area contributed by atoms with E-state index in [1.54, 1.807) is 24.2 Å². The van der Waals surface area contributed by atoms with Gasteiger partial charge in [-0.3, -0.25) is 9.97 Å². The van der Waals surface area contributed by atoms with E-state index in [9.17, 15) is 0 Å². The van der Waals surface area contributed by atoms with Crippen molar-refractivity contribution in [1.29, 1.82) is 0 Å². The highest BCUT2D eigenvalue weighted by atomic mass is 32.2. The number of fused-ring (bicyclic) bond motifs is 3. The van der Waals surface area contributed by atoms with Crippen LogP contribution in [0.15, 0.2) is 76.0 Å². The van der Waals surface area contributed by atoms with Gasteiger partial charge in [-0.2, -0.15) is 0 Å². The van der Waals surface area contributed by atoms with Crippen LogP contribution in [0.4, 0.5) is 5.82 Å². The van der Waals surface area contributed by atoms with Gasteiger partial charge in [0.15, 0.2) is 5.82 Å². The van der Waals surface area contributed by atoms with E-state index in [2.05, 4.69) is 44.1 Å². The normalized spacial score (nSPS) is 20.2. The molecule has 1 saturated heterocycles. The van der Waals surface area contributed by atoms with Gasteiger partial charge < -0.3 is 10.6 Å². The van der Waals surface area contributed by atoms with E-state index in [1.807, 2.05) is 24.4 Å². The number of hydrogen-bond acceptors (Lipinski definition) is 8. The number of piperidine rings is 1. The van der Waals surface area contributed by atoms with E-state index in [0.29, 0.717) is 0 Å². The van der Waals surface area contributed by atoms with Crippen molar-refractivity contribution in [2.75, 3.05) is 13.1 Å². The molecule has 7 rings (SSSR count). The Bertz CT molecular complexity index is 1470. The van der Waals surface area contributed by atoms with Crippen LogP contribution >= 0.6 is 11.8 Å². The van der Waals surface area contributed by atoms with Crippen LogP contribution in [0.5, 0.6) is 0 Å². The molecule has 0 saturated carbocycles. The molecule has 1 fully saturated rings. The molecule has 2 N–H and O–H groups in total. The first-order valence-electron chi connectivity index (χ1n) is 12.1. The SMILES string of the molecule is N[C@@H]1c2ccccc2CC12CCN(C1=Nc3ncc(Sc4cccc5nccnc45)nc3C1)CC2. The molecule has 4 heterocycles. The first-order valence-corrected chi connectivity index (χ1v) is 12.9. The molecule has 3 aliphatic rings. The van der Waals surface area contributed by atoms with Crippen molar-refractivity contribution >= 4 is 34.4 Å². The second kappa shape index (κ2) is 8.10. The van der Waals surface area contributed by atoms with Crippen molar-refractivity contribution in [3.8, 4) is 0 Å². The van der Waals surface area contributed by atoms with Crippen LogP contribution < -0.4 is 5.73 Å². The number of aromatic nitrogens is 4. The fourth-order valence-electron chi connectivity index (χ4n) is 5.83. The van der Waals surface area contributed by atoms with Crippen LogP contribution in [0.3, 0.4) is 0 Å². The van der Waals surface area contributed by atoms with Gasteiger partial charge in [-0.05, 0) is 47.9 Å². The summed E-state index contributed by atoms with van der Waals surface area (Å²) in [6, 6.07) is 14.8. The zero-order valence-electron chi connectivity index (χ0n) is 19.3. The molecule has 0 unspecified atom stereocenters. The second-order valence-electron chi connectivity index (χ2n) is 9.67. The summed E-state index contributed by atoms with van der Waals surface area (Å²) in [5.74, 6) is 1.82. The first-order chi connectivity index (χ1) is 17.2. The Balaban J connectivity index is 1.05. The topological polar surface area (TPSA) is 93.2 Å². The fourth-order valence-corrected chi connectivity index (χ4v) is 6.72. The van der Waals surface area contributed by atoms with E-state index in [1.165, 1.54) is 11.1 Å². The highest BCUT2D eigenvalue weighted by molar-refractivity contribution is 7.99. The van der Waals surface area contributed by atoms with Gasteiger partial charge in [0, 0.05) is 36.4 Å². The van der Waals surface area contributed by atoms with Crippen LogP contribution in [0.1, 0.15) is 35.7 Å². The minimum atomic E-state index is 0.130. The number of hydrogen-bond donors (Lipinski definition) is 1. The Morgan fingerprint density at radius 2 is 1.83 bits per heavy atom. The predicted octanol–water partition coefficient (Wildman–Crippen LogP) is 4.50. The number of benzene rings is 2. The van der Waals surface area contributed by atoms with Crippen LogP contribution in [0.25, 0.3) is 11.0 Å². The van der Waals surface area contributed by atoms with Gasteiger partial charge >= 0.3 is 0 Å². The van der Waals surface area contributed by atoms with E-state index in [-0.39, 0.29) is 11.5 Å². The first kappa shape index (κ1) is 21.0. The zero-order chi connectivity index (χ0) is 23.4. The lowest BCUT2D eigenvalue weighted by molar-refractivity contribution is 0.127. The summed E-state index contributed by atoms with van der Waals surface area (Å²) in [6.07, 6.45) is 9.24. The molecule has 0 bridgehead atoms. The van der Waals surface area contributed by atoms with Crippen molar-refractivity contribution in [3.63, 3.8) is 0 Å². The quantitative estimate of drug-likeness (QED) is 0.453. The number of para-hydroxylation sites is 1. The third-order valence-corrected chi connectivity index (χ3v) is 8.71. The number of amidine groups is 1. The van der Waals surface area contributed by atoms with Gasteiger partial charge in [-0.15, -0.1) is 0 Å². The van der Waals surface area contributed by atoms with Gasteiger partial charge in [0.25, 0.3) is 0 Å². The maximum absolute atomic E-state index is 6.76. The average molecular weight is 480 g/mol. The lowest BCUT2D eigenvalue weighted by atomic mass is 9.73. The number of nitrogens with zero attached hydrogens (tertiary/aromatic N) is 6. The summed E-state index contributed by atoms with van der Waals surface area (Å²) in [5.41, 5.74) is 12.4. The van der Waals surface area contributed by atoms with Gasteiger partial charge in [0.1, 0.15) is 16.4 Å². The third kappa shape index (κ3) is 3.51. The van der Waals surface area contributed by atoms with Crippen LogP contribution in [-0.4, -0.2) is 43.8 Å². The molecule has 0 radical (unpaired) electrons. The van der Waals surface area contributed by atoms with Crippen molar-refractivity contribution < 1.29 is 0 Å². The molecule has 1 aliphatic carbocycles. The van der Waals surface area contributed by atoms with Gasteiger partial charge in [-0.25, -0.2) is 15.0 Å². The Hall–Kier alpha value is -3.36. The molecule has 7 nitrogen and oxygen atoms in total. The monoisotopic (exact) mass is 479 g/mol. The Morgan fingerprint density at radius 3 is 2.71 bits per heavy atom. The molecule has 8 heteroatoms. The molecule has 1 atom stereocenters. The second-order valence-corrected chi connectivity index (χ2v) is 10.7. The maximum Gasteiger partial charge on any atom is 0.176 e. The van der Waals surface area contributed by atoms with Crippen molar-refractivity contribution in [1.82, 2.24) is 24.8 Å². The number of likely N-dealkylation sites (tertiary alicyclic amines) is 1. The van der Waals surface area contributed by atoms with E-state index in [4.69, 9.17) is 15.7 Å². The zero-order valence-corrected chi connectivity index (χ0v) is 20.1. The number of rotatable bonds is 2. The maximum atomic E-state index is 6.76. The van der Waals surface area contributed by atoms with Crippen molar-refractivity contribution in [2.45, 2.75) is 41.6 Å². The van der Waals surface area contributed by atoms with Crippen molar-refractivity contribution in [3.05, 3.63) is 77.9 Å². The molecular weight excluding hydrogens is 454 g/mol. The number of nitrogens with two attached hydrogens (primary N) is 1. The molecule has 2 aromatic carbocycles. The molecule has 35 heavy (non-hydrogen) atoms. The molecule has 1 spiro atoms. The minimum Gasteiger partial charge on any atom is -0.360 e. The summed E-state index contributed by atoms with van der Waals surface area (Å²) >= 11 is 1.57. The Labute approximate surface area is 207 Å². The molecule has 0 amide bonds. The van der Waals surface area contributed by atoms with E-state index >= 15 is 0 Å². The minimum absolute atomic E-state index is 0.130. The van der Waals surface area contributed by atoms with E-state index < -0.39 is 0 Å². The highest BCUT2D eigenvalue weighted by Crippen LogP contribution is 2.50. The molecule has 4 aromatic rings. The largest absolute Gasteiger partial charge is 0.360 e. The summed E-state index contributed by atoms with van der Waals surface area (Å²) in [7, 11) is 0. The smallest absolute Gasteiger partial charge is 0.176 e. The van der Waals surface area contributed by atoms with Gasteiger partial charge in [-0.1, -0.05) is 42.1 Å². The standard InChI is InChI=1S/C27H25N7S/c28-25-18-5-2-1-4-17(18)15-27(25)8-12-34(13-9-27)22-14-20-26(33-22)31-16-23(32-20)35-21-7-3-6-19-24(21)30-11-10-29-19/h1-7,10-11,16,25H,8-9,12-15,28H2/t25-/m1/s1. The predicted molar refractivity (Wildman–Crippen MR) is 137 cm³/mol. The van der Waals surface area contributed by atoms with Crippen LogP contribution in [0, 0.1) is 5.41 Å². The highest BCUT2D eigenvalue weighted by Gasteiger charge is 2.46. The average Bonchev–Trinajstić information content (AvgIpc) is 3.44. The van der Waals surface area contributed by atoms with Crippen molar-refractivity contribution in [2.24, 2.45) is 16.1 Å². The molecular formula is C27H25N7S. The Morgan fingerprint density at radius 1 is 0.971 bits per heavy atom. The third-order valence-electron chi connectivity index (χ3n) is 7.75. The summed E-state index contributed by atoms with van der Waals surface area (Å²) < 4.78 is 0. The van der Waals surface area contributed by atoms with Crippen LogP contribution in [0.2, 0.25) is 0 Å². The molecule has 174 valence electrons. The fraction of sp³-hybridized carbons (Fsp3) is 0.296. The lowest BCUT2D eigenvalue weighted by Gasteiger charge is -2.43. The van der Waals surface area contributed by atoms with Crippen LogP contribution in [-0.2, 0) is 12.8 Å². The summed E-state index contributed by atoms with van der Waals surface area (Å²) in [6.45, 7) is 1.95. The summed E-state index contributed by atoms with van der Waals surface area (Å²) in [4.78, 5) is 26.7.